The van der Waals surface area contributed by atoms with Crippen LogP contribution in [0.15, 0.2) is 31.9 Å². The first-order valence-corrected chi connectivity index (χ1v) is 4.85. The molecule has 0 aliphatic rings. The number of rotatable bonds is 1. The Morgan fingerprint density at radius 2 is 2.29 bits per heavy atom. The number of nitrogens with zero attached hydrogens (tertiary/aromatic N) is 1. The molecule has 2 rings (SSSR count). The predicted octanol–water partition coefficient (Wildman–Crippen LogP) is 2.45. The van der Waals surface area contributed by atoms with Crippen LogP contribution >= 0.6 is 27.5 Å². The van der Waals surface area contributed by atoms with E-state index in [-0.39, 0.29) is 5.89 Å². The van der Waals surface area contributed by atoms with Crippen LogP contribution in [0.1, 0.15) is 0 Å². The molecule has 1 aromatic carbocycles. The van der Waals surface area contributed by atoms with E-state index >= 15 is 0 Å². The summed E-state index contributed by atoms with van der Waals surface area (Å²) in [4.78, 5) is 10.7. The fraction of sp³-hybridized carbons (Fsp3) is 0. The number of halogens is 2. The number of nitrogens with one attached hydrogen (secondary N) is 1. The number of H-pyrrole nitrogens is 1. The van der Waals surface area contributed by atoms with Gasteiger partial charge in [-0.1, -0.05) is 27.5 Å². The SMILES string of the molecule is O=c1[nH]nc(-c2ccc(Br)cc2Cl)o1. The molecule has 0 saturated heterocycles. The number of benzene rings is 1. The summed E-state index contributed by atoms with van der Waals surface area (Å²) in [6, 6.07) is 5.20. The standard InChI is InChI=1S/C8H4BrClN2O2/c9-4-1-2-5(6(10)3-4)7-11-12-8(13)14-7/h1-3H,(H,12,13). The van der Waals surface area contributed by atoms with Crippen LogP contribution in [0.3, 0.4) is 0 Å². The number of aromatic nitrogens is 2. The molecule has 72 valence electrons. The van der Waals surface area contributed by atoms with E-state index in [1.165, 1.54) is 0 Å². The van der Waals surface area contributed by atoms with Crippen LogP contribution in [0, 0.1) is 0 Å². The molecule has 0 bridgehead atoms. The summed E-state index contributed by atoms with van der Waals surface area (Å²) < 4.78 is 5.62. The van der Waals surface area contributed by atoms with E-state index in [0.717, 1.165) is 4.47 Å². The summed E-state index contributed by atoms with van der Waals surface area (Å²) in [6.45, 7) is 0. The van der Waals surface area contributed by atoms with Crippen molar-refractivity contribution in [3.63, 3.8) is 0 Å². The van der Waals surface area contributed by atoms with Crippen molar-refractivity contribution in [2.45, 2.75) is 0 Å². The topological polar surface area (TPSA) is 58.9 Å². The third kappa shape index (κ3) is 1.73. The van der Waals surface area contributed by atoms with Crippen molar-refractivity contribution in [1.29, 1.82) is 0 Å². The molecule has 0 saturated carbocycles. The quantitative estimate of drug-likeness (QED) is 0.869. The van der Waals surface area contributed by atoms with Crippen LogP contribution in [-0.2, 0) is 0 Å². The number of hydrogen-bond donors (Lipinski definition) is 1. The molecule has 1 heterocycles. The lowest BCUT2D eigenvalue weighted by Crippen LogP contribution is -1.93. The van der Waals surface area contributed by atoms with Gasteiger partial charge in [-0.2, -0.15) is 0 Å². The van der Waals surface area contributed by atoms with E-state index in [9.17, 15) is 4.79 Å². The van der Waals surface area contributed by atoms with Crippen LogP contribution in [0.2, 0.25) is 5.02 Å². The highest BCUT2D eigenvalue weighted by Gasteiger charge is 2.09. The van der Waals surface area contributed by atoms with E-state index < -0.39 is 5.76 Å². The van der Waals surface area contributed by atoms with Gasteiger partial charge in [0.25, 0.3) is 5.89 Å². The fourth-order valence-corrected chi connectivity index (χ4v) is 1.76. The van der Waals surface area contributed by atoms with E-state index in [1.807, 2.05) is 0 Å². The van der Waals surface area contributed by atoms with Crippen LogP contribution in [0.5, 0.6) is 0 Å². The van der Waals surface area contributed by atoms with Crippen LogP contribution in [0.25, 0.3) is 11.5 Å². The minimum Gasteiger partial charge on any atom is -0.388 e. The van der Waals surface area contributed by atoms with Crippen molar-refractivity contribution in [1.82, 2.24) is 10.2 Å². The third-order valence-corrected chi connectivity index (χ3v) is 2.41. The van der Waals surface area contributed by atoms with E-state index in [1.54, 1.807) is 18.2 Å². The lowest BCUT2D eigenvalue weighted by molar-refractivity contribution is 0.527. The Hall–Kier alpha value is -1.07. The maximum Gasteiger partial charge on any atom is 0.434 e. The molecule has 0 fully saturated rings. The van der Waals surface area contributed by atoms with Crippen molar-refractivity contribution in [3.05, 3.63) is 38.2 Å². The molecule has 2 aromatic rings. The van der Waals surface area contributed by atoms with Crippen molar-refractivity contribution in [2.75, 3.05) is 0 Å². The molecule has 0 atom stereocenters. The minimum absolute atomic E-state index is 0.188. The lowest BCUT2D eigenvalue weighted by atomic mass is 10.2. The van der Waals surface area contributed by atoms with Crippen LogP contribution in [-0.4, -0.2) is 10.2 Å². The smallest absolute Gasteiger partial charge is 0.388 e. The van der Waals surface area contributed by atoms with Gasteiger partial charge in [-0.3, -0.25) is 0 Å². The van der Waals surface area contributed by atoms with Gasteiger partial charge in [0.05, 0.1) is 10.6 Å². The Morgan fingerprint density at radius 1 is 1.50 bits per heavy atom. The van der Waals surface area contributed by atoms with Crippen molar-refractivity contribution in [2.24, 2.45) is 0 Å². The lowest BCUT2D eigenvalue weighted by Gasteiger charge is -1.98. The molecule has 14 heavy (non-hydrogen) atoms. The molecule has 4 nitrogen and oxygen atoms in total. The van der Waals surface area contributed by atoms with E-state index in [0.29, 0.717) is 10.6 Å². The Kier molecular flexibility index (Phi) is 2.43. The van der Waals surface area contributed by atoms with Crippen LogP contribution < -0.4 is 5.76 Å². The first-order valence-electron chi connectivity index (χ1n) is 3.68. The highest BCUT2D eigenvalue weighted by atomic mass is 79.9. The third-order valence-electron chi connectivity index (χ3n) is 1.60. The van der Waals surface area contributed by atoms with E-state index in [4.69, 9.17) is 16.0 Å². The number of hydrogen-bond acceptors (Lipinski definition) is 3. The largest absolute Gasteiger partial charge is 0.434 e. The fourth-order valence-electron chi connectivity index (χ4n) is 1.01. The highest BCUT2D eigenvalue weighted by molar-refractivity contribution is 9.10. The average Bonchev–Trinajstić information content (AvgIpc) is 2.51. The Bertz CT molecular complexity index is 520. The van der Waals surface area contributed by atoms with Gasteiger partial charge in [0.2, 0.25) is 0 Å². The van der Waals surface area contributed by atoms with Crippen molar-refractivity contribution < 1.29 is 4.42 Å². The molecule has 0 radical (unpaired) electrons. The maximum absolute atomic E-state index is 10.7. The summed E-state index contributed by atoms with van der Waals surface area (Å²) in [5, 5.41) is 6.31. The Balaban J connectivity index is 2.57. The van der Waals surface area contributed by atoms with Gasteiger partial charge in [-0.25, -0.2) is 9.89 Å². The van der Waals surface area contributed by atoms with E-state index in [2.05, 4.69) is 26.1 Å². The van der Waals surface area contributed by atoms with Gasteiger partial charge in [0, 0.05) is 4.47 Å². The molecule has 6 heteroatoms. The zero-order chi connectivity index (χ0) is 10.1. The second-order valence-electron chi connectivity index (χ2n) is 2.54. The molecule has 0 unspecified atom stereocenters. The van der Waals surface area contributed by atoms with Crippen molar-refractivity contribution >= 4 is 27.5 Å². The summed E-state index contributed by atoms with van der Waals surface area (Å²) in [5.74, 6) is -0.411. The van der Waals surface area contributed by atoms with Gasteiger partial charge in [-0.15, -0.1) is 5.10 Å². The first kappa shape index (κ1) is 9.48. The normalized spacial score (nSPS) is 10.4. The molecule has 0 spiro atoms. The van der Waals surface area contributed by atoms with Gasteiger partial charge >= 0.3 is 5.76 Å². The Labute approximate surface area is 92.0 Å². The highest BCUT2D eigenvalue weighted by Crippen LogP contribution is 2.28. The molecular formula is C8H4BrClN2O2. The molecule has 0 amide bonds. The molecule has 1 N–H and O–H groups in total. The zero-order valence-electron chi connectivity index (χ0n) is 6.75. The monoisotopic (exact) mass is 274 g/mol. The zero-order valence-corrected chi connectivity index (χ0v) is 9.09. The number of aromatic amines is 1. The van der Waals surface area contributed by atoms with Gasteiger partial charge in [0.15, 0.2) is 0 Å². The molecule has 0 aliphatic carbocycles. The van der Waals surface area contributed by atoms with Gasteiger partial charge < -0.3 is 4.42 Å². The van der Waals surface area contributed by atoms with Gasteiger partial charge in [0.1, 0.15) is 0 Å². The van der Waals surface area contributed by atoms with Gasteiger partial charge in [-0.05, 0) is 18.2 Å². The maximum atomic E-state index is 10.7. The average molecular weight is 275 g/mol. The Morgan fingerprint density at radius 3 is 2.86 bits per heavy atom. The summed E-state index contributed by atoms with van der Waals surface area (Å²) in [6.07, 6.45) is 0. The van der Waals surface area contributed by atoms with Crippen molar-refractivity contribution in [3.8, 4) is 11.5 Å². The summed E-state index contributed by atoms with van der Waals surface area (Å²) >= 11 is 9.20. The molecule has 0 aliphatic heterocycles. The predicted molar refractivity (Wildman–Crippen MR) is 55.3 cm³/mol. The summed E-state index contributed by atoms with van der Waals surface area (Å²) in [5.41, 5.74) is 0.577. The molecule has 1 aromatic heterocycles. The first-order chi connectivity index (χ1) is 6.66. The second kappa shape index (κ2) is 3.59. The summed E-state index contributed by atoms with van der Waals surface area (Å²) in [7, 11) is 0. The van der Waals surface area contributed by atoms with Crippen LogP contribution in [0.4, 0.5) is 0 Å². The minimum atomic E-state index is -0.598. The second-order valence-corrected chi connectivity index (χ2v) is 3.87. The molecular weight excluding hydrogens is 271 g/mol.